The molecule has 2 aliphatic heterocycles. The van der Waals surface area contributed by atoms with Gasteiger partial charge < -0.3 is 18.9 Å². The number of amides is 1. The maximum Gasteiger partial charge on any atom is 0.253 e. The van der Waals surface area contributed by atoms with Crippen molar-refractivity contribution in [2.45, 2.75) is 26.2 Å². The Morgan fingerprint density at radius 2 is 1.97 bits per heavy atom. The maximum atomic E-state index is 13.2. The molecule has 0 N–H and O–H groups in total. The molecular formula is C24H25N3O3. The maximum absolute atomic E-state index is 13.2. The van der Waals surface area contributed by atoms with Crippen molar-refractivity contribution in [2.75, 3.05) is 19.9 Å². The van der Waals surface area contributed by atoms with E-state index in [9.17, 15) is 4.79 Å². The zero-order chi connectivity index (χ0) is 20.6. The van der Waals surface area contributed by atoms with E-state index < -0.39 is 0 Å². The molecule has 1 atom stereocenters. The molecule has 6 nitrogen and oxygen atoms in total. The number of ether oxygens (including phenoxy) is 2. The first kappa shape index (κ1) is 18.7. The number of aromatic nitrogens is 2. The van der Waals surface area contributed by atoms with Gasteiger partial charge in [0.2, 0.25) is 6.79 Å². The molecule has 1 saturated heterocycles. The summed E-state index contributed by atoms with van der Waals surface area (Å²) in [5, 5.41) is 0. The molecule has 1 aromatic heterocycles. The zero-order valence-electron chi connectivity index (χ0n) is 17.1. The number of carbonyl (C=O) groups is 1. The number of likely N-dealkylation sites (tertiary alicyclic amines) is 1. The molecule has 6 heteroatoms. The minimum absolute atomic E-state index is 0.0400. The summed E-state index contributed by atoms with van der Waals surface area (Å²) in [5.41, 5.74) is 2.99. The largest absolute Gasteiger partial charge is 0.454 e. The Kier molecular flexibility index (Phi) is 4.69. The summed E-state index contributed by atoms with van der Waals surface area (Å²) in [6, 6.07) is 13.9. The summed E-state index contributed by atoms with van der Waals surface area (Å²) in [7, 11) is 0. The molecule has 0 spiro atoms. The third-order valence-electron chi connectivity index (χ3n) is 6.05. The van der Waals surface area contributed by atoms with Crippen LogP contribution >= 0.6 is 0 Å². The molecule has 0 bridgehead atoms. The molecule has 3 heterocycles. The summed E-state index contributed by atoms with van der Waals surface area (Å²) >= 11 is 0. The first-order valence-corrected chi connectivity index (χ1v) is 10.4. The van der Waals surface area contributed by atoms with E-state index in [1.165, 1.54) is 5.56 Å². The van der Waals surface area contributed by atoms with E-state index in [-0.39, 0.29) is 18.1 Å². The van der Waals surface area contributed by atoms with E-state index in [2.05, 4.69) is 24.0 Å². The molecule has 2 aromatic carbocycles. The van der Waals surface area contributed by atoms with Crippen LogP contribution in [0.3, 0.4) is 0 Å². The van der Waals surface area contributed by atoms with Gasteiger partial charge in [-0.3, -0.25) is 4.79 Å². The van der Waals surface area contributed by atoms with Gasteiger partial charge in [0.15, 0.2) is 11.5 Å². The minimum atomic E-state index is 0.0400. The van der Waals surface area contributed by atoms with Crippen LogP contribution in [0.1, 0.15) is 35.7 Å². The highest BCUT2D eigenvalue weighted by Crippen LogP contribution is 2.38. The van der Waals surface area contributed by atoms with Crippen LogP contribution in [0.2, 0.25) is 0 Å². The second kappa shape index (κ2) is 7.52. The average Bonchev–Trinajstić information content (AvgIpc) is 3.45. The average molecular weight is 403 g/mol. The molecular weight excluding hydrogens is 378 g/mol. The van der Waals surface area contributed by atoms with Crippen molar-refractivity contribution in [1.29, 1.82) is 0 Å². The molecule has 1 amide bonds. The first-order chi connectivity index (χ1) is 14.6. The number of hydrogen-bond acceptors (Lipinski definition) is 4. The van der Waals surface area contributed by atoms with Crippen LogP contribution in [-0.2, 0) is 6.42 Å². The van der Waals surface area contributed by atoms with Crippen molar-refractivity contribution < 1.29 is 14.3 Å². The number of fused-ring (bicyclic) bond motifs is 1. The molecule has 5 rings (SSSR count). The third kappa shape index (κ3) is 3.65. The molecule has 154 valence electrons. The van der Waals surface area contributed by atoms with Crippen molar-refractivity contribution >= 4 is 5.91 Å². The molecule has 3 aromatic rings. The fourth-order valence-electron chi connectivity index (χ4n) is 4.55. The van der Waals surface area contributed by atoms with Crippen molar-refractivity contribution in [3.63, 3.8) is 0 Å². The summed E-state index contributed by atoms with van der Waals surface area (Å²) in [6.45, 7) is 4.12. The number of carbonyl (C=O) groups excluding carboxylic acids is 1. The monoisotopic (exact) mass is 403 g/mol. The fraction of sp³-hybridized carbons (Fsp3) is 0.333. The Balaban J connectivity index is 1.29. The molecule has 1 fully saturated rings. The summed E-state index contributed by atoms with van der Waals surface area (Å²) < 4.78 is 12.9. The van der Waals surface area contributed by atoms with Crippen LogP contribution in [0.5, 0.6) is 11.5 Å². The number of hydrogen-bond donors (Lipinski definition) is 0. The van der Waals surface area contributed by atoms with Gasteiger partial charge in [-0.1, -0.05) is 13.0 Å². The van der Waals surface area contributed by atoms with Gasteiger partial charge in [-0.2, -0.15) is 0 Å². The predicted octanol–water partition coefficient (Wildman–Crippen LogP) is 4.09. The van der Waals surface area contributed by atoms with Gasteiger partial charge in [-0.25, -0.2) is 4.98 Å². The van der Waals surface area contributed by atoms with Crippen LogP contribution in [0, 0.1) is 5.41 Å². The van der Waals surface area contributed by atoms with Crippen molar-refractivity contribution in [3.05, 3.63) is 72.3 Å². The summed E-state index contributed by atoms with van der Waals surface area (Å²) in [5.74, 6) is 1.73. The topological polar surface area (TPSA) is 56.6 Å². The van der Waals surface area contributed by atoms with E-state index in [0.717, 1.165) is 55.1 Å². The van der Waals surface area contributed by atoms with Gasteiger partial charge in [0, 0.05) is 36.7 Å². The number of rotatable bonds is 4. The highest BCUT2D eigenvalue weighted by molar-refractivity contribution is 5.94. The molecule has 1 unspecified atom stereocenters. The molecule has 2 aliphatic rings. The Bertz CT molecular complexity index is 1050. The van der Waals surface area contributed by atoms with Gasteiger partial charge >= 0.3 is 0 Å². The second-order valence-electron chi connectivity index (χ2n) is 8.52. The van der Waals surface area contributed by atoms with Gasteiger partial charge in [-0.15, -0.1) is 0 Å². The summed E-state index contributed by atoms with van der Waals surface area (Å²) in [6.07, 6.45) is 8.41. The van der Waals surface area contributed by atoms with E-state index in [4.69, 9.17) is 9.47 Å². The number of piperidine rings is 1. The molecule has 0 radical (unpaired) electrons. The smallest absolute Gasteiger partial charge is 0.253 e. The number of benzene rings is 2. The Morgan fingerprint density at radius 1 is 1.13 bits per heavy atom. The Morgan fingerprint density at radius 3 is 2.77 bits per heavy atom. The van der Waals surface area contributed by atoms with Crippen LogP contribution in [0.25, 0.3) is 5.69 Å². The van der Waals surface area contributed by atoms with Crippen LogP contribution in [0.15, 0.2) is 61.2 Å². The van der Waals surface area contributed by atoms with Crippen LogP contribution in [-0.4, -0.2) is 40.2 Å². The van der Waals surface area contributed by atoms with Gasteiger partial charge in [-0.05, 0) is 66.6 Å². The van der Waals surface area contributed by atoms with Gasteiger partial charge in [0.05, 0.1) is 6.33 Å². The minimum Gasteiger partial charge on any atom is -0.454 e. The van der Waals surface area contributed by atoms with Crippen LogP contribution < -0.4 is 9.47 Å². The van der Waals surface area contributed by atoms with Crippen molar-refractivity contribution in [1.82, 2.24) is 14.5 Å². The second-order valence-corrected chi connectivity index (χ2v) is 8.52. The van der Waals surface area contributed by atoms with Gasteiger partial charge in [0.1, 0.15) is 0 Å². The number of imidazole rings is 1. The normalized spacial score (nSPS) is 20.4. The Hall–Kier alpha value is -3.28. The van der Waals surface area contributed by atoms with Crippen LogP contribution in [0.4, 0.5) is 0 Å². The van der Waals surface area contributed by atoms with Crippen molar-refractivity contribution in [2.24, 2.45) is 5.41 Å². The van der Waals surface area contributed by atoms with Crippen molar-refractivity contribution in [3.8, 4) is 17.2 Å². The van der Waals surface area contributed by atoms with Gasteiger partial charge in [0.25, 0.3) is 5.91 Å². The lowest BCUT2D eigenvalue weighted by molar-refractivity contribution is 0.0550. The highest BCUT2D eigenvalue weighted by Gasteiger charge is 2.34. The lowest BCUT2D eigenvalue weighted by atomic mass is 9.76. The molecule has 0 saturated carbocycles. The predicted molar refractivity (Wildman–Crippen MR) is 113 cm³/mol. The van der Waals surface area contributed by atoms with E-state index in [0.29, 0.717) is 0 Å². The quantitative estimate of drug-likeness (QED) is 0.659. The van der Waals surface area contributed by atoms with E-state index >= 15 is 0 Å². The fourth-order valence-corrected chi connectivity index (χ4v) is 4.55. The lowest BCUT2D eigenvalue weighted by Gasteiger charge is -2.41. The molecule has 30 heavy (non-hydrogen) atoms. The lowest BCUT2D eigenvalue weighted by Crippen LogP contribution is -2.45. The van der Waals surface area contributed by atoms with E-state index in [1.54, 1.807) is 12.5 Å². The third-order valence-corrected chi connectivity index (χ3v) is 6.05. The Labute approximate surface area is 176 Å². The zero-order valence-corrected chi connectivity index (χ0v) is 17.1. The highest BCUT2D eigenvalue weighted by atomic mass is 16.7. The van der Waals surface area contributed by atoms with E-state index in [1.807, 2.05) is 46.0 Å². The summed E-state index contributed by atoms with van der Waals surface area (Å²) in [4.78, 5) is 19.2. The number of nitrogens with zero attached hydrogens (tertiary/aromatic N) is 3. The SMILES string of the molecule is CC1(Cc2ccc3c(c2)OCO3)CCCN(C(=O)c2ccc(-n3ccnc3)cc2)C1. The first-order valence-electron chi connectivity index (χ1n) is 10.4. The standard InChI is InChI=1S/C24H25N3O3/c1-24(14-18-3-8-21-22(13-18)30-17-29-21)9-2-11-26(15-24)23(28)19-4-6-20(7-5-19)27-12-10-25-16-27/h3-8,10,12-13,16H,2,9,11,14-15,17H2,1H3. The molecule has 0 aliphatic carbocycles.